The summed E-state index contributed by atoms with van der Waals surface area (Å²) in [5.41, 5.74) is 6.20. The van der Waals surface area contributed by atoms with Crippen LogP contribution < -0.4 is 10.2 Å². The third kappa shape index (κ3) is 3.75. The number of pyridine rings is 1. The lowest BCUT2D eigenvalue weighted by Gasteiger charge is -2.28. The molecular formula is C22H26N4O. The predicted molar refractivity (Wildman–Crippen MR) is 107 cm³/mol. The van der Waals surface area contributed by atoms with Crippen LogP contribution in [-0.4, -0.2) is 43.5 Å². The molecule has 0 amide bonds. The van der Waals surface area contributed by atoms with Gasteiger partial charge in [-0.25, -0.2) is 4.98 Å². The van der Waals surface area contributed by atoms with Gasteiger partial charge in [0.15, 0.2) is 0 Å². The number of rotatable bonds is 6. The number of morpholine rings is 1. The zero-order valence-corrected chi connectivity index (χ0v) is 15.7. The number of fused-ring (bicyclic) bond motifs is 1. The van der Waals surface area contributed by atoms with E-state index in [0.29, 0.717) is 0 Å². The lowest BCUT2D eigenvalue weighted by molar-refractivity contribution is 0.122. The van der Waals surface area contributed by atoms with Gasteiger partial charge < -0.3 is 15.0 Å². The highest BCUT2D eigenvalue weighted by atomic mass is 16.5. The molecule has 5 nitrogen and oxygen atoms in total. The van der Waals surface area contributed by atoms with Crippen molar-refractivity contribution in [2.24, 2.45) is 10.9 Å². The van der Waals surface area contributed by atoms with Crippen molar-refractivity contribution < 1.29 is 4.74 Å². The molecule has 3 aliphatic rings. The first-order chi connectivity index (χ1) is 13.4. The number of anilines is 1. The molecule has 1 saturated carbocycles. The van der Waals surface area contributed by atoms with Crippen LogP contribution in [0.4, 0.5) is 5.82 Å². The Morgan fingerprint density at radius 1 is 1.11 bits per heavy atom. The largest absolute Gasteiger partial charge is 0.378 e. The predicted octanol–water partition coefficient (Wildman–Crippen LogP) is 2.77. The van der Waals surface area contributed by atoms with Gasteiger partial charge in [-0.2, -0.15) is 0 Å². The molecule has 0 bridgehead atoms. The topological polar surface area (TPSA) is 49.8 Å². The highest BCUT2D eigenvalue weighted by Crippen LogP contribution is 2.28. The van der Waals surface area contributed by atoms with Crippen LogP contribution in [0.1, 0.15) is 35.1 Å². The summed E-state index contributed by atoms with van der Waals surface area (Å²) >= 11 is 0. The molecular weight excluding hydrogens is 336 g/mol. The molecule has 5 rings (SSSR count). The van der Waals surface area contributed by atoms with Gasteiger partial charge in [-0.3, -0.25) is 4.99 Å². The summed E-state index contributed by atoms with van der Waals surface area (Å²) in [7, 11) is 0. The first-order valence-electron chi connectivity index (χ1n) is 10.0. The second kappa shape index (κ2) is 7.41. The van der Waals surface area contributed by atoms with E-state index in [-0.39, 0.29) is 0 Å². The van der Waals surface area contributed by atoms with E-state index in [1.807, 2.05) is 6.20 Å². The molecule has 140 valence electrons. The van der Waals surface area contributed by atoms with Crippen molar-refractivity contribution in [2.45, 2.75) is 25.9 Å². The summed E-state index contributed by atoms with van der Waals surface area (Å²) in [4.78, 5) is 11.7. The van der Waals surface area contributed by atoms with E-state index in [1.165, 1.54) is 29.5 Å². The van der Waals surface area contributed by atoms with Gasteiger partial charge in [-0.05, 0) is 54.6 Å². The normalized spacial score (nSPS) is 19.1. The van der Waals surface area contributed by atoms with E-state index in [4.69, 9.17) is 9.73 Å². The number of aromatic nitrogens is 1. The zero-order valence-electron chi connectivity index (χ0n) is 15.7. The van der Waals surface area contributed by atoms with Crippen LogP contribution in [0.15, 0.2) is 41.5 Å². The van der Waals surface area contributed by atoms with E-state index in [0.717, 1.165) is 68.9 Å². The van der Waals surface area contributed by atoms with Gasteiger partial charge in [-0.15, -0.1) is 0 Å². The van der Waals surface area contributed by atoms with Gasteiger partial charge in [0.1, 0.15) is 5.82 Å². The fourth-order valence-electron chi connectivity index (χ4n) is 3.86. The van der Waals surface area contributed by atoms with Gasteiger partial charge in [0, 0.05) is 37.0 Å². The van der Waals surface area contributed by atoms with Gasteiger partial charge in [0.05, 0.1) is 25.5 Å². The monoisotopic (exact) mass is 362 g/mol. The Morgan fingerprint density at radius 3 is 2.85 bits per heavy atom. The second-order valence-corrected chi connectivity index (χ2v) is 7.73. The van der Waals surface area contributed by atoms with Crippen molar-refractivity contribution in [1.82, 2.24) is 10.3 Å². The first kappa shape index (κ1) is 16.9. The molecule has 2 aromatic rings. The quantitative estimate of drug-likeness (QED) is 0.859. The minimum atomic E-state index is 0.771. The maximum Gasteiger partial charge on any atom is 0.129 e. The van der Waals surface area contributed by atoms with Crippen molar-refractivity contribution in [3.05, 3.63) is 58.8 Å². The molecule has 2 aliphatic heterocycles. The number of ether oxygens (including phenoxy) is 1. The molecule has 1 N–H and O–H groups in total. The van der Waals surface area contributed by atoms with E-state index in [1.54, 1.807) is 0 Å². The van der Waals surface area contributed by atoms with Crippen LogP contribution in [0.2, 0.25) is 0 Å². The summed E-state index contributed by atoms with van der Waals surface area (Å²) in [5, 5.41) is 3.59. The molecule has 0 spiro atoms. The van der Waals surface area contributed by atoms with Crippen molar-refractivity contribution in [1.29, 1.82) is 0 Å². The van der Waals surface area contributed by atoms with E-state index in [9.17, 15) is 0 Å². The molecule has 1 aromatic heterocycles. The van der Waals surface area contributed by atoms with Crippen LogP contribution in [0.25, 0.3) is 0 Å². The Hall–Kier alpha value is -2.24. The molecule has 0 atom stereocenters. The number of nitrogens with zero attached hydrogens (tertiary/aromatic N) is 3. The van der Waals surface area contributed by atoms with Crippen LogP contribution in [0.3, 0.4) is 0 Å². The second-order valence-electron chi connectivity index (χ2n) is 7.73. The molecule has 5 heteroatoms. The molecule has 1 aliphatic carbocycles. The van der Waals surface area contributed by atoms with Gasteiger partial charge >= 0.3 is 0 Å². The summed E-state index contributed by atoms with van der Waals surface area (Å²) in [6, 6.07) is 11.1. The summed E-state index contributed by atoms with van der Waals surface area (Å²) < 4.78 is 5.46. The maximum atomic E-state index is 5.46. The number of hydrogen-bond acceptors (Lipinski definition) is 5. The number of hydrogen-bond donors (Lipinski definition) is 1. The van der Waals surface area contributed by atoms with Crippen molar-refractivity contribution >= 4 is 11.5 Å². The smallest absolute Gasteiger partial charge is 0.129 e. The highest BCUT2D eigenvalue weighted by Gasteiger charge is 2.21. The number of nitrogens with one attached hydrogen (secondary N) is 1. The molecule has 0 radical (unpaired) electrons. The average molecular weight is 362 g/mol. The lowest BCUT2D eigenvalue weighted by Crippen LogP contribution is -2.36. The number of benzene rings is 1. The zero-order chi connectivity index (χ0) is 18.1. The van der Waals surface area contributed by atoms with Crippen LogP contribution in [0.5, 0.6) is 0 Å². The van der Waals surface area contributed by atoms with Gasteiger partial charge in [0.25, 0.3) is 0 Å². The van der Waals surface area contributed by atoms with Crippen LogP contribution >= 0.6 is 0 Å². The molecule has 1 saturated heterocycles. The highest BCUT2D eigenvalue weighted by molar-refractivity contribution is 6.15. The Bertz CT molecular complexity index is 853. The van der Waals surface area contributed by atoms with Gasteiger partial charge in [0.2, 0.25) is 0 Å². The van der Waals surface area contributed by atoms with E-state index < -0.39 is 0 Å². The first-order valence-corrected chi connectivity index (χ1v) is 10.0. The number of aliphatic imine (C=N–C) groups is 1. The third-order valence-corrected chi connectivity index (χ3v) is 5.65. The fourth-order valence-corrected chi connectivity index (χ4v) is 3.86. The van der Waals surface area contributed by atoms with Crippen LogP contribution in [0, 0.1) is 5.92 Å². The van der Waals surface area contributed by atoms with E-state index >= 15 is 0 Å². The lowest BCUT2D eigenvalue weighted by atomic mass is 9.98. The minimum Gasteiger partial charge on any atom is -0.378 e. The maximum absolute atomic E-state index is 5.46. The summed E-state index contributed by atoms with van der Waals surface area (Å²) in [6.07, 6.45) is 4.69. The SMILES string of the molecule is c1cc(C2=NCc3ccc(CNCC4CC4)cc32)cc(N2CCOCC2)n1. The standard InChI is InChI=1S/C22H26N4O/c1-2-16(1)13-23-14-17-3-4-19-15-25-22(20(19)11-17)18-5-6-24-21(12-18)26-7-9-27-10-8-26/h3-6,11-12,16,23H,1-2,7-10,13-15H2. The van der Waals surface area contributed by atoms with Crippen molar-refractivity contribution in [2.75, 3.05) is 37.7 Å². The Balaban J connectivity index is 1.36. The Kier molecular flexibility index (Phi) is 4.64. The van der Waals surface area contributed by atoms with Crippen LogP contribution in [-0.2, 0) is 17.8 Å². The molecule has 1 aromatic carbocycles. The third-order valence-electron chi connectivity index (χ3n) is 5.65. The van der Waals surface area contributed by atoms with Crippen molar-refractivity contribution in [3.63, 3.8) is 0 Å². The minimum absolute atomic E-state index is 0.771. The molecule has 2 fully saturated rings. The Morgan fingerprint density at radius 2 is 2.00 bits per heavy atom. The molecule has 27 heavy (non-hydrogen) atoms. The van der Waals surface area contributed by atoms with Gasteiger partial charge in [-0.1, -0.05) is 12.1 Å². The fraction of sp³-hybridized carbons (Fsp3) is 0.455. The summed E-state index contributed by atoms with van der Waals surface area (Å²) in [5.74, 6) is 1.93. The summed E-state index contributed by atoms with van der Waals surface area (Å²) in [6.45, 7) is 6.19. The molecule has 3 heterocycles. The molecule has 0 unspecified atom stereocenters. The van der Waals surface area contributed by atoms with E-state index in [2.05, 4.69) is 45.5 Å². The Labute approximate surface area is 160 Å². The average Bonchev–Trinajstić information content (AvgIpc) is 3.45. The van der Waals surface area contributed by atoms with Crippen molar-refractivity contribution in [3.8, 4) is 0 Å².